The minimum absolute atomic E-state index is 0.216. The topological polar surface area (TPSA) is 53.2 Å². The Balaban J connectivity index is 1.52. The molecule has 36 heavy (non-hydrogen) atoms. The average Bonchev–Trinajstić information content (AvgIpc) is 2.88. The summed E-state index contributed by atoms with van der Waals surface area (Å²) in [5, 5.41) is 3.33. The van der Waals surface area contributed by atoms with Gasteiger partial charge >= 0.3 is 6.18 Å². The first-order valence-electron chi connectivity index (χ1n) is 11.6. The number of amides is 1. The quantitative estimate of drug-likeness (QED) is 0.215. The first-order valence-corrected chi connectivity index (χ1v) is 11.6. The fourth-order valence-electron chi connectivity index (χ4n) is 3.95. The molecule has 3 N–H and O–H groups in total. The predicted octanol–water partition coefficient (Wildman–Crippen LogP) is 7.38. The Kier molecular flexibility index (Phi) is 7.90. The molecule has 0 fully saturated rings. The van der Waals surface area contributed by atoms with Gasteiger partial charge in [-0.25, -0.2) is 0 Å². The maximum absolute atomic E-state index is 13.3. The summed E-state index contributed by atoms with van der Waals surface area (Å²) in [6.45, 7) is 0. The number of hydrogen-bond donors (Lipinski definition) is 3. The average molecular weight is 490 g/mol. The first kappa shape index (κ1) is 24.9. The van der Waals surface area contributed by atoms with Gasteiger partial charge in [-0.3, -0.25) is 15.6 Å². The van der Waals surface area contributed by atoms with Gasteiger partial charge in [-0.1, -0.05) is 60.7 Å². The summed E-state index contributed by atoms with van der Waals surface area (Å²) in [5.41, 5.74) is 7.95. The number of hydrogen-bond acceptors (Lipinski definition) is 3. The van der Waals surface area contributed by atoms with Gasteiger partial charge in [-0.2, -0.15) is 13.2 Å². The summed E-state index contributed by atoms with van der Waals surface area (Å²) in [5.74, 6) is -0.507. The fourth-order valence-corrected chi connectivity index (χ4v) is 3.95. The van der Waals surface area contributed by atoms with Crippen molar-refractivity contribution < 1.29 is 18.0 Å². The van der Waals surface area contributed by atoms with Crippen molar-refractivity contribution in [3.63, 3.8) is 0 Å². The Bertz CT molecular complexity index is 1290. The Morgan fingerprint density at radius 3 is 2.11 bits per heavy atom. The van der Waals surface area contributed by atoms with Crippen LogP contribution in [0, 0.1) is 0 Å². The summed E-state index contributed by atoms with van der Waals surface area (Å²) < 4.78 is 39.9. The second-order valence-electron chi connectivity index (χ2n) is 8.32. The van der Waals surface area contributed by atoms with Crippen LogP contribution in [0.15, 0.2) is 103 Å². The zero-order chi connectivity index (χ0) is 25.4. The molecular formula is C29H26F3N3O. The van der Waals surface area contributed by atoms with Crippen LogP contribution in [0.1, 0.15) is 33.5 Å². The lowest BCUT2D eigenvalue weighted by atomic mass is 9.98. The van der Waals surface area contributed by atoms with E-state index in [9.17, 15) is 18.0 Å². The van der Waals surface area contributed by atoms with Gasteiger partial charge < -0.3 is 5.32 Å². The molecule has 0 atom stereocenters. The molecule has 0 aliphatic rings. The van der Waals surface area contributed by atoms with Gasteiger partial charge in [0.05, 0.1) is 11.3 Å². The smallest absolute Gasteiger partial charge is 0.356 e. The van der Waals surface area contributed by atoms with E-state index in [0.29, 0.717) is 12.0 Å². The number of para-hydroxylation sites is 2. The maximum atomic E-state index is 13.3. The number of benzene rings is 4. The molecule has 4 aromatic rings. The van der Waals surface area contributed by atoms with Crippen molar-refractivity contribution in [2.24, 2.45) is 0 Å². The van der Waals surface area contributed by atoms with Gasteiger partial charge in [-0.05, 0) is 72.9 Å². The highest BCUT2D eigenvalue weighted by atomic mass is 19.4. The lowest BCUT2D eigenvalue weighted by Gasteiger charge is -2.17. The standard InChI is InChI=1S/C29H26F3N3O/c30-29(31,32)26-16-7-8-17-27(26)34-35-28(36)25-19-18-24(33-23-14-5-2-6-15-23)20-22(25)13-9-12-21-10-3-1-4-11-21/h1-8,10-11,14-20,33-34H,9,12-13H2,(H,35,36). The van der Waals surface area contributed by atoms with E-state index in [1.54, 1.807) is 12.1 Å². The van der Waals surface area contributed by atoms with E-state index in [2.05, 4.69) is 28.3 Å². The molecule has 0 heterocycles. The van der Waals surface area contributed by atoms with Crippen LogP contribution in [0.3, 0.4) is 0 Å². The van der Waals surface area contributed by atoms with Crippen molar-refractivity contribution in [2.75, 3.05) is 10.7 Å². The summed E-state index contributed by atoms with van der Waals surface area (Å²) in [4.78, 5) is 13.0. The normalized spacial score (nSPS) is 11.1. The fraction of sp³-hybridized carbons (Fsp3) is 0.138. The molecule has 4 nitrogen and oxygen atoms in total. The van der Waals surface area contributed by atoms with Gasteiger partial charge in [0.25, 0.3) is 5.91 Å². The van der Waals surface area contributed by atoms with Crippen LogP contribution in [0.5, 0.6) is 0 Å². The molecule has 4 rings (SSSR count). The number of carbonyl (C=O) groups is 1. The first-order chi connectivity index (χ1) is 17.4. The van der Waals surface area contributed by atoms with E-state index in [-0.39, 0.29) is 5.69 Å². The molecule has 0 unspecified atom stereocenters. The zero-order valence-corrected chi connectivity index (χ0v) is 19.5. The highest BCUT2D eigenvalue weighted by Gasteiger charge is 2.33. The predicted molar refractivity (Wildman–Crippen MR) is 137 cm³/mol. The van der Waals surface area contributed by atoms with Crippen molar-refractivity contribution in [3.8, 4) is 0 Å². The molecule has 0 spiro atoms. The van der Waals surface area contributed by atoms with E-state index in [1.165, 1.54) is 23.8 Å². The lowest BCUT2D eigenvalue weighted by molar-refractivity contribution is -0.137. The number of halogens is 3. The number of anilines is 3. The van der Waals surface area contributed by atoms with Crippen molar-refractivity contribution in [2.45, 2.75) is 25.4 Å². The van der Waals surface area contributed by atoms with Gasteiger partial charge in [0.15, 0.2) is 0 Å². The molecule has 4 aromatic carbocycles. The number of rotatable bonds is 9. The third-order valence-corrected chi connectivity index (χ3v) is 5.71. The molecule has 0 saturated heterocycles. The Labute approximate surface area is 208 Å². The van der Waals surface area contributed by atoms with Gasteiger partial charge in [0.1, 0.15) is 0 Å². The summed E-state index contributed by atoms with van der Waals surface area (Å²) >= 11 is 0. The number of nitrogens with one attached hydrogen (secondary N) is 3. The monoisotopic (exact) mass is 489 g/mol. The molecule has 0 bridgehead atoms. The van der Waals surface area contributed by atoms with Crippen molar-refractivity contribution in [1.82, 2.24) is 5.43 Å². The third kappa shape index (κ3) is 6.66. The summed E-state index contributed by atoms with van der Waals surface area (Å²) in [6.07, 6.45) is -2.26. The second kappa shape index (κ2) is 11.4. The van der Waals surface area contributed by atoms with Crippen molar-refractivity contribution in [1.29, 1.82) is 0 Å². The van der Waals surface area contributed by atoms with Crippen molar-refractivity contribution in [3.05, 3.63) is 125 Å². The molecular weight excluding hydrogens is 463 g/mol. The molecule has 0 radical (unpaired) electrons. The Morgan fingerprint density at radius 2 is 1.39 bits per heavy atom. The molecule has 0 aliphatic heterocycles. The molecule has 0 aliphatic carbocycles. The van der Waals surface area contributed by atoms with Crippen LogP contribution in [0.4, 0.5) is 30.2 Å². The molecule has 7 heteroatoms. The van der Waals surface area contributed by atoms with Crippen LogP contribution in [-0.2, 0) is 19.0 Å². The van der Waals surface area contributed by atoms with E-state index >= 15 is 0 Å². The van der Waals surface area contributed by atoms with Crippen LogP contribution >= 0.6 is 0 Å². The van der Waals surface area contributed by atoms with Gasteiger partial charge in [-0.15, -0.1) is 0 Å². The second-order valence-corrected chi connectivity index (χ2v) is 8.32. The van der Waals surface area contributed by atoms with Gasteiger partial charge in [0, 0.05) is 16.9 Å². The van der Waals surface area contributed by atoms with E-state index in [1.807, 2.05) is 54.6 Å². The number of aryl methyl sites for hydroxylation is 2. The maximum Gasteiger partial charge on any atom is 0.418 e. The molecule has 184 valence electrons. The summed E-state index contributed by atoms with van der Waals surface area (Å²) in [7, 11) is 0. The number of carbonyl (C=O) groups excluding carboxylic acids is 1. The number of hydrazine groups is 1. The molecule has 1 amide bonds. The molecule has 0 saturated carbocycles. The van der Waals surface area contributed by atoms with Crippen LogP contribution in [-0.4, -0.2) is 5.91 Å². The lowest BCUT2D eigenvalue weighted by Crippen LogP contribution is -2.31. The highest BCUT2D eigenvalue weighted by molar-refractivity contribution is 5.97. The highest BCUT2D eigenvalue weighted by Crippen LogP contribution is 2.34. The molecule has 0 aromatic heterocycles. The Morgan fingerprint density at radius 1 is 0.722 bits per heavy atom. The largest absolute Gasteiger partial charge is 0.418 e. The Hall–Kier alpha value is -4.26. The minimum Gasteiger partial charge on any atom is -0.356 e. The summed E-state index contributed by atoms with van der Waals surface area (Å²) in [6, 6.07) is 30.1. The zero-order valence-electron chi connectivity index (χ0n) is 19.5. The van der Waals surface area contributed by atoms with Crippen LogP contribution in [0.2, 0.25) is 0 Å². The van der Waals surface area contributed by atoms with Crippen LogP contribution < -0.4 is 16.2 Å². The van der Waals surface area contributed by atoms with Crippen LogP contribution in [0.25, 0.3) is 0 Å². The SMILES string of the molecule is O=C(NNc1ccccc1C(F)(F)F)c1ccc(Nc2ccccc2)cc1CCCc1ccccc1. The third-order valence-electron chi connectivity index (χ3n) is 5.71. The van der Waals surface area contributed by atoms with Gasteiger partial charge in [0.2, 0.25) is 0 Å². The minimum atomic E-state index is -4.54. The van der Waals surface area contributed by atoms with E-state index in [0.717, 1.165) is 35.8 Å². The van der Waals surface area contributed by atoms with E-state index in [4.69, 9.17) is 0 Å². The van der Waals surface area contributed by atoms with Crippen molar-refractivity contribution >= 4 is 23.0 Å². The number of alkyl halides is 3. The van der Waals surface area contributed by atoms with E-state index < -0.39 is 17.6 Å².